The van der Waals surface area contributed by atoms with E-state index in [1.807, 2.05) is 26.0 Å². The zero-order valence-electron chi connectivity index (χ0n) is 19.5. The van der Waals surface area contributed by atoms with E-state index in [-0.39, 0.29) is 29.9 Å². The molecule has 5 aliphatic rings. The molecule has 0 amide bonds. The largest absolute Gasteiger partial charge is 0.463 e. The summed E-state index contributed by atoms with van der Waals surface area (Å²) >= 11 is 0. The number of hydrogen-bond donors (Lipinski definition) is 1. The average Bonchev–Trinajstić information content (AvgIpc) is 3.10. The van der Waals surface area contributed by atoms with Gasteiger partial charge in [0.1, 0.15) is 0 Å². The van der Waals surface area contributed by atoms with Crippen molar-refractivity contribution < 1.29 is 19.4 Å². The van der Waals surface area contributed by atoms with Crippen molar-refractivity contribution in [3.8, 4) is 0 Å². The van der Waals surface area contributed by atoms with E-state index in [1.54, 1.807) is 6.08 Å². The van der Waals surface area contributed by atoms with Crippen LogP contribution in [0.3, 0.4) is 0 Å². The zero-order valence-corrected chi connectivity index (χ0v) is 19.5. The Morgan fingerprint density at radius 2 is 2.16 bits per heavy atom. The summed E-state index contributed by atoms with van der Waals surface area (Å²) in [5.74, 6) is 5.29. The van der Waals surface area contributed by atoms with E-state index in [0.29, 0.717) is 18.3 Å². The Kier molecular flexibility index (Phi) is 5.94. The van der Waals surface area contributed by atoms with Crippen LogP contribution in [0.15, 0.2) is 36.0 Å². The van der Waals surface area contributed by atoms with E-state index in [0.717, 1.165) is 60.8 Å². The Labute approximate surface area is 192 Å². The minimum atomic E-state index is -0.332. The van der Waals surface area contributed by atoms with Gasteiger partial charge in [-0.25, -0.2) is 0 Å². The van der Waals surface area contributed by atoms with Crippen molar-refractivity contribution >= 4 is 11.8 Å². The first-order valence-electron chi connectivity index (χ1n) is 12.9. The summed E-state index contributed by atoms with van der Waals surface area (Å²) in [5.41, 5.74) is 1.45. The molecular formula is C28H38O4. The van der Waals surface area contributed by atoms with Gasteiger partial charge in [0.25, 0.3) is 0 Å². The molecule has 4 fully saturated rings. The average molecular weight is 439 g/mol. The lowest BCUT2D eigenvalue weighted by molar-refractivity contribution is -0.431. The Morgan fingerprint density at radius 3 is 2.84 bits per heavy atom. The molecule has 0 aromatic heterocycles. The van der Waals surface area contributed by atoms with Crippen LogP contribution in [0.5, 0.6) is 0 Å². The van der Waals surface area contributed by atoms with E-state index in [2.05, 4.69) is 12.2 Å². The SMILES string of the molecule is CC(C)OC(=O)CCCC=CCC1C=CC(=O)C1=CCC(O)CCC12CC3C4CC1C4C32. The maximum Gasteiger partial charge on any atom is 0.306 e. The van der Waals surface area contributed by atoms with Crippen molar-refractivity contribution in [1.29, 1.82) is 0 Å². The molecule has 0 spiro atoms. The molecule has 0 bridgehead atoms. The molecule has 5 aliphatic carbocycles. The van der Waals surface area contributed by atoms with Gasteiger partial charge >= 0.3 is 5.97 Å². The fourth-order valence-corrected chi connectivity index (χ4v) is 7.85. The lowest BCUT2D eigenvalue weighted by atomic mass is 9.14. The topological polar surface area (TPSA) is 63.6 Å². The van der Waals surface area contributed by atoms with Crippen LogP contribution in [-0.4, -0.2) is 29.1 Å². The summed E-state index contributed by atoms with van der Waals surface area (Å²) in [4.78, 5) is 23.9. The summed E-state index contributed by atoms with van der Waals surface area (Å²) in [6.45, 7) is 3.72. The molecule has 8 unspecified atom stereocenters. The van der Waals surface area contributed by atoms with Crippen LogP contribution in [0.1, 0.15) is 71.6 Å². The molecule has 0 radical (unpaired) electrons. The molecule has 0 aromatic rings. The van der Waals surface area contributed by atoms with Gasteiger partial charge in [0, 0.05) is 17.9 Å². The number of allylic oxidation sites excluding steroid dienone is 5. The predicted octanol–water partition coefficient (Wildman–Crippen LogP) is 5.17. The molecule has 4 heteroatoms. The lowest BCUT2D eigenvalue weighted by Gasteiger charge is -2.91. The second-order valence-corrected chi connectivity index (χ2v) is 11.3. The Balaban J connectivity index is 1.02. The van der Waals surface area contributed by atoms with Crippen LogP contribution in [0.4, 0.5) is 0 Å². The molecule has 0 heterocycles. The smallest absolute Gasteiger partial charge is 0.306 e. The van der Waals surface area contributed by atoms with E-state index < -0.39 is 0 Å². The molecule has 0 aromatic carbocycles. The van der Waals surface area contributed by atoms with E-state index in [9.17, 15) is 14.7 Å². The highest BCUT2D eigenvalue weighted by atomic mass is 16.5. The van der Waals surface area contributed by atoms with Gasteiger partial charge in [-0.15, -0.1) is 0 Å². The second kappa shape index (κ2) is 8.59. The Bertz CT molecular complexity index is 836. The standard InChI is InChI=1S/C28H38O4/c1-17(2)32-25(31)8-6-4-3-5-7-18-9-12-24(30)20(18)11-10-19(29)13-14-28-16-22-21-15-23(28)26(21)27(22)28/h3,5,9,11-12,17-19,21-23,26-27,29H,4,6-8,10,13-16H2,1-2H3. The summed E-state index contributed by atoms with van der Waals surface area (Å²) < 4.78 is 5.14. The van der Waals surface area contributed by atoms with Gasteiger partial charge in [-0.3, -0.25) is 9.59 Å². The van der Waals surface area contributed by atoms with Gasteiger partial charge in [-0.2, -0.15) is 0 Å². The van der Waals surface area contributed by atoms with Crippen molar-refractivity contribution in [3.63, 3.8) is 0 Å². The van der Waals surface area contributed by atoms with Gasteiger partial charge in [0.15, 0.2) is 5.78 Å². The summed E-state index contributed by atoms with van der Waals surface area (Å²) in [6, 6.07) is 0. The van der Waals surface area contributed by atoms with Gasteiger partial charge in [-0.05, 0) is 106 Å². The predicted molar refractivity (Wildman–Crippen MR) is 124 cm³/mol. The zero-order chi connectivity index (χ0) is 22.5. The fourth-order valence-electron chi connectivity index (χ4n) is 7.85. The van der Waals surface area contributed by atoms with E-state index >= 15 is 0 Å². The number of ketones is 1. The third-order valence-corrected chi connectivity index (χ3v) is 9.32. The van der Waals surface area contributed by atoms with Crippen molar-refractivity contribution in [1.82, 2.24) is 0 Å². The van der Waals surface area contributed by atoms with Crippen molar-refractivity contribution in [3.05, 3.63) is 36.0 Å². The first-order valence-corrected chi connectivity index (χ1v) is 12.9. The number of aliphatic hydroxyl groups excluding tert-OH is 1. The lowest BCUT2D eigenvalue weighted by Crippen LogP contribution is -2.85. The third kappa shape index (κ3) is 3.63. The van der Waals surface area contributed by atoms with E-state index in [4.69, 9.17) is 4.74 Å². The fraction of sp³-hybridized carbons (Fsp3) is 0.714. The van der Waals surface area contributed by atoms with Gasteiger partial charge in [-0.1, -0.05) is 24.3 Å². The molecule has 1 N–H and O–H groups in total. The molecule has 4 nitrogen and oxygen atoms in total. The summed E-state index contributed by atoms with van der Waals surface area (Å²) in [7, 11) is 0. The number of aliphatic hydroxyl groups is 1. The minimum absolute atomic E-state index is 0.0578. The highest BCUT2D eigenvalue weighted by Crippen LogP contribution is 2.91. The van der Waals surface area contributed by atoms with Crippen LogP contribution >= 0.6 is 0 Å². The quantitative estimate of drug-likeness (QED) is 0.198. The first kappa shape index (κ1) is 22.1. The van der Waals surface area contributed by atoms with Crippen LogP contribution in [-0.2, 0) is 14.3 Å². The molecule has 0 saturated heterocycles. The second-order valence-electron chi connectivity index (χ2n) is 11.3. The molecule has 32 heavy (non-hydrogen) atoms. The van der Waals surface area contributed by atoms with Gasteiger partial charge in [0.2, 0.25) is 0 Å². The Morgan fingerprint density at radius 1 is 1.31 bits per heavy atom. The van der Waals surface area contributed by atoms with Crippen molar-refractivity contribution in [2.75, 3.05) is 0 Å². The molecule has 174 valence electrons. The number of carbonyl (C=O) groups is 2. The van der Waals surface area contributed by atoms with Crippen LogP contribution in [0.25, 0.3) is 0 Å². The monoisotopic (exact) mass is 438 g/mol. The number of unbranched alkanes of at least 4 members (excludes halogenated alkanes) is 1. The number of ether oxygens (including phenoxy) is 1. The first-order chi connectivity index (χ1) is 15.4. The molecular weight excluding hydrogens is 400 g/mol. The number of fused-ring (bicyclic) bond motifs is 2. The molecule has 8 atom stereocenters. The maximum atomic E-state index is 12.3. The summed E-state index contributed by atoms with van der Waals surface area (Å²) in [6.07, 6.45) is 17.9. The normalized spacial score (nSPS) is 40.0. The molecule has 5 rings (SSSR count). The van der Waals surface area contributed by atoms with Crippen molar-refractivity contribution in [2.45, 2.75) is 83.8 Å². The highest BCUT2D eigenvalue weighted by Gasteiger charge is 2.85. The highest BCUT2D eigenvalue weighted by molar-refractivity contribution is 6.07. The Hall–Kier alpha value is -1.68. The molecule has 4 saturated carbocycles. The van der Waals surface area contributed by atoms with Gasteiger partial charge in [0.05, 0.1) is 12.2 Å². The van der Waals surface area contributed by atoms with E-state index in [1.165, 1.54) is 19.3 Å². The van der Waals surface area contributed by atoms with Crippen LogP contribution in [0, 0.1) is 40.9 Å². The number of esters is 1. The maximum absolute atomic E-state index is 12.3. The molecule has 0 aliphatic heterocycles. The van der Waals surface area contributed by atoms with Gasteiger partial charge < -0.3 is 9.84 Å². The third-order valence-electron chi connectivity index (χ3n) is 9.32. The number of carbonyl (C=O) groups excluding carboxylic acids is 2. The minimum Gasteiger partial charge on any atom is -0.463 e. The van der Waals surface area contributed by atoms with Crippen LogP contribution < -0.4 is 0 Å². The van der Waals surface area contributed by atoms with Crippen molar-refractivity contribution in [2.24, 2.45) is 40.9 Å². The number of hydrogen-bond acceptors (Lipinski definition) is 4. The van der Waals surface area contributed by atoms with Crippen LogP contribution in [0.2, 0.25) is 0 Å². The number of rotatable bonds is 12. The summed E-state index contributed by atoms with van der Waals surface area (Å²) in [5, 5.41) is 10.6.